The van der Waals surface area contributed by atoms with Gasteiger partial charge in [0.2, 0.25) is 0 Å². The van der Waals surface area contributed by atoms with Gasteiger partial charge >= 0.3 is 0 Å². The molecule has 3 aliphatic rings. The van der Waals surface area contributed by atoms with Crippen LogP contribution in [-0.2, 0) is 4.74 Å². The van der Waals surface area contributed by atoms with E-state index in [1.54, 1.807) is 0 Å². The van der Waals surface area contributed by atoms with Gasteiger partial charge in [-0.15, -0.1) is 0 Å². The van der Waals surface area contributed by atoms with Gasteiger partial charge < -0.3 is 9.84 Å². The molecule has 0 amide bonds. The summed E-state index contributed by atoms with van der Waals surface area (Å²) < 4.78 is 5.85. The first-order valence-electron chi connectivity index (χ1n) is 5.15. The zero-order valence-corrected chi connectivity index (χ0v) is 7.38. The molecule has 0 unspecified atom stereocenters. The summed E-state index contributed by atoms with van der Waals surface area (Å²) in [6, 6.07) is 0. The lowest BCUT2D eigenvalue weighted by atomic mass is 9.86. The Bertz CT molecular complexity index is 212. The molecule has 2 heterocycles. The normalized spacial score (nSPS) is 57.2. The number of fused-ring (bicyclic) bond motifs is 1. The lowest BCUT2D eigenvalue weighted by molar-refractivity contribution is -0.259. The van der Waals surface area contributed by atoms with E-state index in [2.05, 4.69) is 0 Å². The lowest BCUT2D eigenvalue weighted by Gasteiger charge is -2.39. The van der Waals surface area contributed by atoms with Gasteiger partial charge in [0, 0.05) is 12.8 Å². The minimum atomic E-state index is -0.721. The Hall–Kier alpha value is -0.0800. The summed E-state index contributed by atoms with van der Waals surface area (Å²) in [5, 5.41) is 9.94. The quantitative estimate of drug-likeness (QED) is 0.598. The van der Waals surface area contributed by atoms with Crippen molar-refractivity contribution < 1.29 is 9.84 Å². The first kappa shape index (κ1) is 7.34. The molecule has 3 fully saturated rings. The van der Waals surface area contributed by atoms with Crippen LogP contribution in [0.3, 0.4) is 0 Å². The van der Waals surface area contributed by atoms with Gasteiger partial charge in [-0.3, -0.25) is 0 Å². The second kappa shape index (κ2) is 2.05. The first-order valence-corrected chi connectivity index (χ1v) is 5.15. The third-order valence-corrected chi connectivity index (χ3v) is 4.11. The number of hydrogen-bond donors (Lipinski definition) is 1. The predicted molar refractivity (Wildman–Crippen MR) is 44.6 cm³/mol. The SMILES string of the molecule is O[C@@]12CC[C@@H]3CCC[C@]3(CC1)O2. The zero-order chi connectivity index (χ0) is 8.23. The van der Waals surface area contributed by atoms with E-state index in [4.69, 9.17) is 4.74 Å². The van der Waals surface area contributed by atoms with Crippen molar-refractivity contribution in [2.75, 3.05) is 0 Å². The van der Waals surface area contributed by atoms with Crippen LogP contribution >= 0.6 is 0 Å². The summed E-state index contributed by atoms with van der Waals surface area (Å²) in [5.74, 6) is 0.0428. The Kier molecular flexibility index (Phi) is 1.25. The Morgan fingerprint density at radius 3 is 2.92 bits per heavy atom. The lowest BCUT2D eigenvalue weighted by Crippen LogP contribution is -2.43. The van der Waals surface area contributed by atoms with Crippen LogP contribution in [0.15, 0.2) is 0 Å². The molecule has 2 heteroatoms. The van der Waals surface area contributed by atoms with Gasteiger partial charge in [0.15, 0.2) is 5.79 Å². The molecule has 2 nitrogen and oxygen atoms in total. The summed E-state index contributed by atoms with van der Waals surface area (Å²) >= 11 is 0. The molecule has 1 aliphatic carbocycles. The Morgan fingerprint density at radius 2 is 2.00 bits per heavy atom. The minimum Gasteiger partial charge on any atom is -0.365 e. The van der Waals surface area contributed by atoms with Crippen LogP contribution in [0.25, 0.3) is 0 Å². The molecular weight excluding hydrogens is 152 g/mol. The molecular formula is C10H16O2. The average molecular weight is 168 g/mol. The van der Waals surface area contributed by atoms with Gasteiger partial charge in [0.1, 0.15) is 0 Å². The van der Waals surface area contributed by atoms with Crippen molar-refractivity contribution in [3.05, 3.63) is 0 Å². The second-order valence-corrected chi connectivity index (χ2v) is 4.74. The summed E-state index contributed by atoms with van der Waals surface area (Å²) in [6.07, 6.45) is 7.88. The topological polar surface area (TPSA) is 29.5 Å². The van der Waals surface area contributed by atoms with E-state index in [0.29, 0.717) is 0 Å². The fourth-order valence-corrected chi connectivity index (χ4v) is 3.45. The summed E-state index contributed by atoms with van der Waals surface area (Å²) in [6.45, 7) is 0. The highest BCUT2D eigenvalue weighted by Crippen LogP contribution is 2.56. The summed E-state index contributed by atoms with van der Waals surface area (Å²) in [7, 11) is 0. The molecule has 3 rings (SSSR count). The van der Waals surface area contributed by atoms with Crippen molar-refractivity contribution >= 4 is 0 Å². The number of hydrogen-bond acceptors (Lipinski definition) is 2. The van der Waals surface area contributed by atoms with E-state index in [1.165, 1.54) is 25.7 Å². The minimum absolute atomic E-state index is 0.118. The predicted octanol–water partition coefficient (Wildman–Crippen LogP) is 1.82. The Labute approximate surface area is 72.9 Å². The fraction of sp³-hybridized carbons (Fsp3) is 1.00. The average Bonchev–Trinajstić information content (AvgIpc) is 2.55. The maximum atomic E-state index is 9.94. The molecule has 1 spiro atoms. The zero-order valence-electron chi connectivity index (χ0n) is 7.38. The Morgan fingerprint density at radius 1 is 1.08 bits per heavy atom. The second-order valence-electron chi connectivity index (χ2n) is 4.74. The van der Waals surface area contributed by atoms with Gasteiger partial charge in [-0.2, -0.15) is 0 Å². The van der Waals surface area contributed by atoms with Crippen LogP contribution in [0.4, 0.5) is 0 Å². The molecule has 2 saturated heterocycles. The molecule has 0 aromatic rings. The molecule has 2 aliphatic heterocycles. The van der Waals surface area contributed by atoms with Crippen LogP contribution in [0.2, 0.25) is 0 Å². The van der Waals surface area contributed by atoms with Crippen LogP contribution in [-0.4, -0.2) is 16.5 Å². The van der Waals surface area contributed by atoms with E-state index in [9.17, 15) is 5.11 Å². The van der Waals surface area contributed by atoms with Crippen molar-refractivity contribution in [3.63, 3.8) is 0 Å². The van der Waals surface area contributed by atoms with Crippen molar-refractivity contribution in [2.45, 2.75) is 56.3 Å². The summed E-state index contributed by atoms with van der Waals surface area (Å²) in [5.41, 5.74) is 0.118. The van der Waals surface area contributed by atoms with Crippen molar-refractivity contribution in [3.8, 4) is 0 Å². The van der Waals surface area contributed by atoms with Gasteiger partial charge in [-0.05, 0) is 31.6 Å². The van der Waals surface area contributed by atoms with Gasteiger partial charge in [-0.1, -0.05) is 6.42 Å². The van der Waals surface area contributed by atoms with E-state index in [-0.39, 0.29) is 5.60 Å². The van der Waals surface area contributed by atoms with E-state index >= 15 is 0 Å². The highest BCUT2D eigenvalue weighted by molar-refractivity contribution is 5.04. The van der Waals surface area contributed by atoms with Crippen molar-refractivity contribution in [2.24, 2.45) is 5.92 Å². The third-order valence-electron chi connectivity index (χ3n) is 4.11. The fourth-order valence-electron chi connectivity index (χ4n) is 3.45. The molecule has 12 heavy (non-hydrogen) atoms. The van der Waals surface area contributed by atoms with Crippen LogP contribution in [0, 0.1) is 5.92 Å². The number of rotatable bonds is 0. The molecule has 3 atom stereocenters. The van der Waals surface area contributed by atoms with Gasteiger partial charge in [0.25, 0.3) is 0 Å². The van der Waals surface area contributed by atoms with Gasteiger partial charge in [-0.25, -0.2) is 0 Å². The van der Waals surface area contributed by atoms with E-state index in [0.717, 1.165) is 25.2 Å². The van der Waals surface area contributed by atoms with Crippen LogP contribution < -0.4 is 0 Å². The standard InChI is InChI=1S/C10H16O2/c11-10-5-3-8-2-1-4-9(8,12-10)6-7-10/h8,11H,1-7H2/t8-,9+,10+/m0/s1. The third kappa shape index (κ3) is 0.775. The van der Waals surface area contributed by atoms with Crippen LogP contribution in [0.1, 0.15) is 44.9 Å². The molecule has 2 bridgehead atoms. The largest absolute Gasteiger partial charge is 0.365 e. The highest BCUT2D eigenvalue weighted by Gasteiger charge is 2.57. The molecule has 1 saturated carbocycles. The van der Waals surface area contributed by atoms with Crippen LogP contribution in [0.5, 0.6) is 0 Å². The van der Waals surface area contributed by atoms with Gasteiger partial charge in [0.05, 0.1) is 5.60 Å². The maximum absolute atomic E-state index is 9.94. The molecule has 1 N–H and O–H groups in total. The molecule has 0 aromatic heterocycles. The van der Waals surface area contributed by atoms with Crippen molar-refractivity contribution in [1.29, 1.82) is 0 Å². The highest BCUT2D eigenvalue weighted by atomic mass is 16.6. The van der Waals surface area contributed by atoms with E-state index in [1.807, 2.05) is 0 Å². The molecule has 68 valence electrons. The maximum Gasteiger partial charge on any atom is 0.166 e. The first-order chi connectivity index (χ1) is 5.73. The Balaban J connectivity index is 1.96. The summed E-state index contributed by atoms with van der Waals surface area (Å²) in [4.78, 5) is 0. The molecule has 0 aromatic carbocycles. The molecule has 0 radical (unpaired) electrons. The smallest absolute Gasteiger partial charge is 0.166 e. The van der Waals surface area contributed by atoms with E-state index < -0.39 is 5.79 Å². The number of aliphatic hydroxyl groups is 1. The van der Waals surface area contributed by atoms with Crippen molar-refractivity contribution in [1.82, 2.24) is 0 Å². The number of ether oxygens (including phenoxy) is 1. The monoisotopic (exact) mass is 168 g/mol.